The quantitative estimate of drug-likeness (QED) is 0.693. The van der Waals surface area contributed by atoms with E-state index in [9.17, 15) is 9.59 Å². The molecule has 8 heteroatoms. The predicted molar refractivity (Wildman–Crippen MR) is 122 cm³/mol. The van der Waals surface area contributed by atoms with E-state index in [1.807, 2.05) is 23.1 Å². The minimum atomic E-state index is -0.204. The number of nitrogens with one attached hydrogen (secondary N) is 1. The first-order valence-corrected chi connectivity index (χ1v) is 11.4. The van der Waals surface area contributed by atoms with E-state index < -0.39 is 0 Å². The van der Waals surface area contributed by atoms with Crippen LogP contribution in [0.5, 0.6) is 11.5 Å². The molecular weight excluding hydrogens is 422 g/mol. The predicted octanol–water partition coefficient (Wildman–Crippen LogP) is 2.61. The van der Waals surface area contributed by atoms with Crippen LogP contribution in [-0.2, 0) is 16.0 Å². The molecule has 1 aromatic carbocycles. The van der Waals surface area contributed by atoms with Crippen molar-refractivity contribution in [3.05, 3.63) is 53.9 Å². The van der Waals surface area contributed by atoms with Gasteiger partial charge in [0.25, 0.3) is 5.91 Å². The van der Waals surface area contributed by atoms with Crippen LogP contribution < -0.4 is 14.8 Å². The summed E-state index contributed by atoms with van der Waals surface area (Å²) in [5.74, 6) is 1.28. The van der Waals surface area contributed by atoms with Gasteiger partial charge in [-0.05, 0) is 56.0 Å². The first-order chi connectivity index (χ1) is 16.0. The molecule has 1 aromatic heterocycles. The van der Waals surface area contributed by atoms with Crippen LogP contribution in [0.2, 0.25) is 0 Å². The summed E-state index contributed by atoms with van der Waals surface area (Å²) in [5, 5.41) is 2.92. The molecule has 2 aliphatic rings. The normalized spacial score (nSPS) is 19.3. The Morgan fingerprint density at radius 1 is 1.15 bits per heavy atom. The highest BCUT2D eigenvalue weighted by atomic mass is 16.5. The van der Waals surface area contributed by atoms with Crippen molar-refractivity contribution in [2.45, 2.75) is 43.8 Å². The van der Waals surface area contributed by atoms with Gasteiger partial charge < -0.3 is 24.4 Å². The van der Waals surface area contributed by atoms with E-state index >= 15 is 0 Å². The number of pyridine rings is 1. The van der Waals surface area contributed by atoms with Gasteiger partial charge in [0.05, 0.1) is 32.3 Å². The number of piperidine rings is 1. The fourth-order valence-electron chi connectivity index (χ4n) is 4.66. The molecule has 0 bridgehead atoms. The van der Waals surface area contributed by atoms with Gasteiger partial charge in [-0.3, -0.25) is 14.6 Å². The second-order valence-corrected chi connectivity index (χ2v) is 8.62. The molecule has 0 aliphatic carbocycles. The van der Waals surface area contributed by atoms with E-state index in [0.29, 0.717) is 36.8 Å². The van der Waals surface area contributed by atoms with Gasteiger partial charge in [0, 0.05) is 31.4 Å². The fourth-order valence-corrected chi connectivity index (χ4v) is 4.66. The average molecular weight is 454 g/mol. The van der Waals surface area contributed by atoms with Crippen molar-refractivity contribution in [1.29, 1.82) is 0 Å². The number of rotatable bonds is 7. The number of carbonyl (C=O) groups is 2. The Balaban J connectivity index is 1.26. The van der Waals surface area contributed by atoms with Gasteiger partial charge in [-0.25, -0.2) is 0 Å². The van der Waals surface area contributed by atoms with Gasteiger partial charge in [-0.2, -0.15) is 0 Å². The minimum absolute atomic E-state index is 0.0130. The molecule has 1 N–H and O–H groups in total. The zero-order valence-corrected chi connectivity index (χ0v) is 19.2. The Hall–Kier alpha value is -3.13. The lowest BCUT2D eigenvalue weighted by atomic mass is 9.88. The van der Waals surface area contributed by atoms with Crippen LogP contribution in [-0.4, -0.2) is 67.3 Å². The molecule has 3 heterocycles. The van der Waals surface area contributed by atoms with E-state index in [4.69, 9.17) is 14.2 Å². The number of ether oxygens (including phenoxy) is 3. The second kappa shape index (κ2) is 10.2. The molecule has 2 saturated heterocycles. The summed E-state index contributed by atoms with van der Waals surface area (Å²) in [5.41, 5.74) is 1.03. The third kappa shape index (κ3) is 5.45. The molecule has 2 aromatic rings. The van der Waals surface area contributed by atoms with Gasteiger partial charge in [0.15, 0.2) is 0 Å². The molecule has 0 radical (unpaired) electrons. The van der Waals surface area contributed by atoms with Crippen molar-refractivity contribution in [1.82, 2.24) is 15.2 Å². The van der Waals surface area contributed by atoms with Crippen LogP contribution >= 0.6 is 0 Å². The van der Waals surface area contributed by atoms with Gasteiger partial charge >= 0.3 is 0 Å². The first kappa shape index (κ1) is 23.0. The SMILES string of the molecule is COc1ccc(OC)c(CC(=O)N2CCC3(CC[C@@H](CNC(=O)c4ccccn4)O3)CC2)c1. The van der Waals surface area contributed by atoms with Crippen LogP contribution in [0, 0.1) is 0 Å². The third-order valence-electron chi connectivity index (χ3n) is 6.58. The molecule has 8 nitrogen and oxygen atoms in total. The molecule has 2 fully saturated rings. The Labute approximate surface area is 194 Å². The maximum Gasteiger partial charge on any atom is 0.269 e. The first-order valence-electron chi connectivity index (χ1n) is 11.4. The maximum absolute atomic E-state index is 13.0. The Bertz CT molecular complexity index is 973. The average Bonchev–Trinajstić information content (AvgIpc) is 3.25. The van der Waals surface area contributed by atoms with Crippen molar-refractivity contribution in [3.63, 3.8) is 0 Å². The number of likely N-dealkylation sites (tertiary alicyclic amines) is 1. The van der Waals surface area contributed by atoms with Crippen molar-refractivity contribution in [3.8, 4) is 11.5 Å². The van der Waals surface area contributed by atoms with E-state index in [0.717, 1.165) is 31.2 Å². The number of carbonyl (C=O) groups excluding carboxylic acids is 2. The van der Waals surface area contributed by atoms with Crippen LogP contribution in [0.25, 0.3) is 0 Å². The van der Waals surface area contributed by atoms with Crippen LogP contribution in [0.3, 0.4) is 0 Å². The molecule has 0 saturated carbocycles. The Morgan fingerprint density at radius 3 is 2.67 bits per heavy atom. The maximum atomic E-state index is 13.0. The number of nitrogens with zero attached hydrogens (tertiary/aromatic N) is 2. The summed E-state index contributed by atoms with van der Waals surface area (Å²) in [7, 11) is 3.21. The van der Waals surface area contributed by atoms with Gasteiger partial charge in [-0.15, -0.1) is 0 Å². The molecule has 0 unspecified atom stereocenters. The Morgan fingerprint density at radius 2 is 1.97 bits per heavy atom. The van der Waals surface area contributed by atoms with E-state index in [-0.39, 0.29) is 29.9 Å². The number of hydrogen-bond donors (Lipinski definition) is 1. The molecule has 1 atom stereocenters. The Kier molecular flexibility index (Phi) is 7.13. The summed E-state index contributed by atoms with van der Waals surface area (Å²) < 4.78 is 17.1. The second-order valence-electron chi connectivity index (χ2n) is 8.62. The number of benzene rings is 1. The van der Waals surface area contributed by atoms with Crippen molar-refractivity contribution < 1.29 is 23.8 Å². The van der Waals surface area contributed by atoms with Gasteiger partial charge in [0.1, 0.15) is 17.2 Å². The number of amides is 2. The minimum Gasteiger partial charge on any atom is -0.497 e. The zero-order chi connectivity index (χ0) is 23.3. The van der Waals surface area contributed by atoms with Crippen LogP contribution in [0.15, 0.2) is 42.6 Å². The number of hydrogen-bond acceptors (Lipinski definition) is 6. The summed E-state index contributed by atoms with van der Waals surface area (Å²) in [6.45, 7) is 1.80. The fraction of sp³-hybridized carbons (Fsp3) is 0.480. The monoisotopic (exact) mass is 453 g/mol. The van der Waals surface area contributed by atoms with Crippen LogP contribution in [0.4, 0.5) is 0 Å². The lowest BCUT2D eigenvalue weighted by Crippen LogP contribution is -2.47. The largest absolute Gasteiger partial charge is 0.497 e. The molecule has 1 spiro atoms. The van der Waals surface area contributed by atoms with Crippen molar-refractivity contribution >= 4 is 11.8 Å². The molecule has 2 aliphatic heterocycles. The topological polar surface area (TPSA) is 90.0 Å². The van der Waals surface area contributed by atoms with Crippen LogP contribution in [0.1, 0.15) is 41.7 Å². The highest BCUT2D eigenvalue weighted by Gasteiger charge is 2.43. The van der Waals surface area contributed by atoms with Crippen molar-refractivity contribution in [2.24, 2.45) is 0 Å². The van der Waals surface area contributed by atoms with Gasteiger partial charge in [-0.1, -0.05) is 6.07 Å². The zero-order valence-electron chi connectivity index (χ0n) is 19.2. The molecule has 4 rings (SSSR count). The molecule has 33 heavy (non-hydrogen) atoms. The molecule has 176 valence electrons. The van der Waals surface area contributed by atoms with E-state index in [2.05, 4.69) is 10.3 Å². The van der Waals surface area contributed by atoms with E-state index in [1.165, 1.54) is 0 Å². The number of methoxy groups -OCH3 is 2. The third-order valence-corrected chi connectivity index (χ3v) is 6.58. The highest BCUT2D eigenvalue weighted by Crippen LogP contribution is 2.39. The van der Waals surface area contributed by atoms with Gasteiger partial charge in [0.2, 0.25) is 5.91 Å². The summed E-state index contributed by atoms with van der Waals surface area (Å²) in [6, 6.07) is 10.8. The summed E-state index contributed by atoms with van der Waals surface area (Å²) in [4.78, 5) is 31.2. The lowest BCUT2D eigenvalue weighted by molar-refractivity contribution is -0.136. The number of aromatic nitrogens is 1. The lowest BCUT2D eigenvalue weighted by Gasteiger charge is -2.39. The van der Waals surface area contributed by atoms with Crippen molar-refractivity contribution in [2.75, 3.05) is 33.9 Å². The molecular formula is C25H31N3O5. The molecule has 2 amide bonds. The smallest absolute Gasteiger partial charge is 0.269 e. The summed E-state index contributed by atoms with van der Waals surface area (Å²) in [6.07, 6.45) is 5.32. The highest BCUT2D eigenvalue weighted by molar-refractivity contribution is 5.92. The summed E-state index contributed by atoms with van der Waals surface area (Å²) >= 11 is 0. The standard InChI is InChI=1S/C25H31N3O5/c1-31-19-6-7-22(32-2)18(15-19)16-23(29)28-13-10-25(11-14-28)9-8-20(33-25)17-27-24(30)21-5-3-4-12-26-21/h3-7,12,15,20H,8-11,13-14,16-17H2,1-2H3,(H,27,30)/t20-/m0/s1. The van der Waals surface area contributed by atoms with E-state index in [1.54, 1.807) is 38.6 Å².